The molecule has 0 aromatic heterocycles. The van der Waals surface area contributed by atoms with Gasteiger partial charge in [-0.05, 0) is 48.7 Å². The Morgan fingerprint density at radius 3 is 1.94 bits per heavy atom. The molecule has 0 atom stereocenters. The van der Waals surface area contributed by atoms with Crippen LogP contribution < -0.4 is 10.6 Å². The molecule has 0 radical (unpaired) electrons. The quantitative estimate of drug-likeness (QED) is 0.448. The Kier molecular flexibility index (Phi) is 9.79. The van der Waals surface area contributed by atoms with Gasteiger partial charge in [-0.1, -0.05) is 80.3 Å². The highest BCUT2D eigenvalue weighted by atomic mass is 19.4. The van der Waals surface area contributed by atoms with Crippen LogP contribution in [0.4, 0.5) is 24.5 Å². The Morgan fingerprint density at radius 2 is 1.47 bits per heavy atom. The van der Waals surface area contributed by atoms with Crippen molar-refractivity contribution in [3.63, 3.8) is 0 Å². The van der Waals surface area contributed by atoms with E-state index in [9.17, 15) is 13.2 Å². The molecular weight excluding hydrogens is 409 g/mol. The van der Waals surface area contributed by atoms with Crippen molar-refractivity contribution < 1.29 is 13.2 Å². The number of alkyl halides is 3. The summed E-state index contributed by atoms with van der Waals surface area (Å²) in [4.78, 5) is 1.72. The van der Waals surface area contributed by atoms with Gasteiger partial charge >= 0.3 is 6.18 Å². The molecular formula is C27H33F3N2. The molecule has 1 fully saturated rings. The summed E-state index contributed by atoms with van der Waals surface area (Å²) in [7, 11) is 1.74. The number of anilines is 2. The highest BCUT2D eigenvalue weighted by Gasteiger charge is 2.30. The van der Waals surface area contributed by atoms with E-state index in [1.165, 1.54) is 36.5 Å². The number of benzene rings is 3. The minimum absolute atomic E-state index is 0.510. The van der Waals surface area contributed by atoms with E-state index in [2.05, 4.69) is 38.1 Å². The molecule has 32 heavy (non-hydrogen) atoms. The average Bonchev–Trinajstić information content (AvgIpc) is 3.65. The lowest BCUT2D eigenvalue weighted by atomic mass is 10.1. The van der Waals surface area contributed by atoms with Crippen molar-refractivity contribution in [2.24, 2.45) is 11.7 Å². The molecule has 0 saturated heterocycles. The monoisotopic (exact) mass is 442 g/mol. The molecule has 0 heterocycles. The van der Waals surface area contributed by atoms with Gasteiger partial charge in [0.05, 0.1) is 5.56 Å². The van der Waals surface area contributed by atoms with Crippen molar-refractivity contribution in [1.82, 2.24) is 0 Å². The van der Waals surface area contributed by atoms with Crippen molar-refractivity contribution in [2.75, 3.05) is 11.9 Å². The molecule has 0 aliphatic heterocycles. The molecule has 3 aromatic rings. The van der Waals surface area contributed by atoms with Gasteiger partial charge in [-0.25, -0.2) is 0 Å². The third-order valence-corrected chi connectivity index (χ3v) is 5.33. The molecule has 0 amide bonds. The van der Waals surface area contributed by atoms with Gasteiger partial charge in [0.25, 0.3) is 0 Å². The van der Waals surface area contributed by atoms with Crippen LogP contribution in [0.3, 0.4) is 0 Å². The van der Waals surface area contributed by atoms with Crippen LogP contribution >= 0.6 is 0 Å². The highest BCUT2D eigenvalue weighted by Crippen LogP contribution is 2.33. The van der Waals surface area contributed by atoms with Crippen molar-refractivity contribution in [3.8, 4) is 0 Å². The van der Waals surface area contributed by atoms with Crippen molar-refractivity contribution >= 4 is 11.4 Å². The number of halogens is 3. The fourth-order valence-electron chi connectivity index (χ4n) is 2.94. The third kappa shape index (κ3) is 8.75. The van der Waals surface area contributed by atoms with E-state index < -0.39 is 11.7 Å². The molecule has 4 rings (SSSR count). The topological polar surface area (TPSA) is 29.3 Å². The van der Waals surface area contributed by atoms with Crippen LogP contribution in [0.1, 0.15) is 42.9 Å². The molecule has 2 nitrogen and oxygen atoms in total. The van der Waals surface area contributed by atoms with Gasteiger partial charge in [-0.2, -0.15) is 13.2 Å². The Labute approximate surface area is 189 Å². The summed E-state index contributed by atoms with van der Waals surface area (Å²) in [6.07, 6.45) is 0.126. The summed E-state index contributed by atoms with van der Waals surface area (Å²) >= 11 is 0. The Morgan fingerprint density at radius 1 is 0.875 bits per heavy atom. The number of hydrogen-bond donors (Lipinski definition) is 1. The van der Waals surface area contributed by atoms with Crippen LogP contribution in [0.2, 0.25) is 0 Å². The van der Waals surface area contributed by atoms with Gasteiger partial charge in [0.15, 0.2) is 0 Å². The number of nitrogens with two attached hydrogens (primary N) is 1. The van der Waals surface area contributed by atoms with Crippen LogP contribution in [-0.4, -0.2) is 7.05 Å². The van der Waals surface area contributed by atoms with Crippen LogP contribution in [0.5, 0.6) is 0 Å². The van der Waals surface area contributed by atoms with Gasteiger partial charge in [0.2, 0.25) is 0 Å². The summed E-state index contributed by atoms with van der Waals surface area (Å²) in [5.74, 6) is 1.13. The standard InChI is InChI=1S/C14H12F3N.C8H11N.C5H10/c1-18(12-7-3-2-4-8-12)13-9-5-6-11(10-13)14(15,16)17;1-7-2-4-8(6-9)5-3-7;1-2-5-3-4-5/h2-10H,1H3;2-5H,6,9H2,1H3;5H,2-4H2,1H3. The van der Waals surface area contributed by atoms with Gasteiger partial charge in [0, 0.05) is 25.0 Å². The maximum absolute atomic E-state index is 12.6. The second kappa shape index (κ2) is 12.3. The van der Waals surface area contributed by atoms with Crippen LogP contribution in [-0.2, 0) is 12.7 Å². The molecule has 0 bridgehead atoms. The van der Waals surface area contributed by atoms with Crippen LogP contribution in [0.25, 0.3) is 0 Å². The number of aryl methyl sites for hydroxylation is 1. The average molecular weight is 443 g/mol. The molecule has 3 aromatic carbocycles. The van der Waals surface area contributed by atoms with Gasteiger partial charge in [-0.15, -0.1) is 0 Å². The zero-order valence-corrected chi connectivity index (χ0v) is 19.1. The minimum Gasteiger partial charge on any atom is -0.345 e. The lowest BCUT2D eigenvalue weighted by Gasteiger charge is -2.20. The Balaban J connectivity index is 0.000000213. The van der Waals surface area contributed by atoms with E-state index in [4.69, 9.17) is 5.73 Å². The largest absolute Gasteiger partial charge is 0.416 e. The second-order valence-corrected chi connectivity index (χ2v) is 7.98. The Hall–Kier alpha value is -2.79. The predicted octanol–water partition coefficient (Wildman–Crippen LogP) is 7.73. The van der Waals surface area contributed by atoms with Gasteiger partial charge < -0.3 is 10.6 Å². The Bertz CT molecular complexity index is 918. The first-order valence-electron chi connectivity index (χ1n) is 11.0. The van der Waals surface area contributed by atoms with Crippen LogP contribution in [0.15, 0.2) is 78.9 Å². The summed E-state index contributed by atoms with van der Waals surface area (Å²) < 4.78 is 37.8. The number of nitrogens with zero attached hydrogens (tertiary/aromatic N) is 1. The maximum atomic E-state index is 12.6. The molecule has 1 saturated carbocycles. The molecule has 0 spiro atoms. The smallest absolute Gasteiger partial charge is 0.345 e. The molecule has 5 heteroatoms. The predicted molar refractivity (Wildman–Crippen MR) is 128 cm³/mol. The summed E-state index contributed by atoms with van der Waals surface area (Å²) in [6.45, 7) is 4.97. The molecule has 0 unspecified atom stereocenters. The number of rotatable bonds is 4. The maximum Gasteiger partial charge on any atom is 0.416 e. The lowest BCUT2D eigenvalue weighted by Crippen LogP contribution is -2.11. The SMILES string of the molecule is CCC1CC1.CN(c1ccccc1)c1cccc(C(F)(F)F)c1.Cc1ccc(CN)cc1. The van der Waals surface area contributed by atoms with Crippen LogP contribution in [0, 0.1) is 12.8 Å². The molecule has 1 aliphatic carbocycles. The number of para-hydroxylation sites is 1. The zero-order valence-electron chi connectivity index (χ0n) is 19.1. The van der Waals surface area contributed by atoms with E-state index in [1.807, 2.05) is 30.3 Å². The first-order chi connectivity index (χ1) is 15.2. The van der Waals surface area contributed by atoms with E-state index in [0.29, 0.717) is 12.2 Å². The van der Waals surface area contributed by atoms with E-state index in [0.717, 1.165) is 23.7 Å². The minimum atomic E-state index is -4.31. The zero-order chi connectivity index (χ0) is 23.6. The van der Waals surface area contributed by atoms with E-state index >= 15 is 0 Å². The third-order valence-electron chi connectivity index (χ3n) is 5.33. The second-order valence-electron chi connectivity index (χ2n) is 7.98. The van der Waals surface area contributed by atoms with E-state index in [1.54, 1.807) is 18.0 Å². The number of hydrogen-bond acceptors (Lipinski definition) is 2. The fraction of sp³-hybridized carbons (Fsp3) is 0.333. The highest BCUT2D eigenvalue weighted by molar-refractivity contribution is 5.63. The van der Waals surface area contributed by atoms with Gasteiger partial charge in [0.1, 0.15) is 0 Å². The first-order valence-corrected chi connectivity index (χ1v) is 11.0. The van der Waals surface area contributed by atoms with Crippen molar-refractivity contribution in [2.45, 2.75) is 45.8 Å². The molecule has 2 N–H and O–H groups in total. The summed E-state index contributed by atoms with van der Waals surface area (Å²) in [5, 5.41) is 0. The normalized spacial score (nSPS) is 12.7. The summed E-state index contributed by atoms with van der Waals surface area (Å²) in [6, 6.07) is 22.8. The van der Waals surface area contributed by atoms with Crippen molar-refractivity contribution in [1.29, 1.82) is 0 Å². The fourth-order valence-corrected chi connectivity index (χ4v) is 2.94. The molecule has 172 valence electrons. The van der Waals surface area contributed by atoms with Crippen molar-refractivity contribution in [3.05, 3.63) is 95.6 Å². The summed E-state index contributed by atoms with van der Waals surface area (Å²) in [5.41, 5.74) is 8.60. The lowest BCUT2D eigenvalue weighted by molar-refractivity contribution is -0.137. The first kappa shape index (κ1) is 25.5. The van der Waals surface area contributed by atoms with Gasteiger partial charge in [-0.3, -0.25) is 0 Å². The van der Waals surface area contributed by atoms with E-state index in [-0.39, 0.29) is 0 Å². The molecule has 1 aliphatic rings.